The van der Waals surface area contributed by atoms with E-state index in [0.29, 0.717) is 0 Å². The molecule has 0 aromatic carbocycles. The predicted molar refractivity (Wildman–Crippen MR) is 79.5 cm³/mol. The molecule has 1 aromatic heterocycles. The maximum atomic E-state index is 4.90. The molecule has 104 valence electrons. The second-order valence-corrected chi connectivity index (χ2v) is 6.09. The fourth-order valence-corrected chi connectivity index (χ4v) is 3.68. The van der Waals surface area contributed by atoms with E-state index in [-0.39, 0.29) is 0 Å². The molecule has 2 atom stereocenters. The first-order valence-electron chi connectivity index (χ1n) is 7.71. The van der Waals surface area contributed by atoms with Crippen LogP contribution in [0.15, 0.2) is 12.1 Å². The van der Waals surface area contributed by atoms with E-state index in [1.54, 1.807) is 0 Å². The highest BCUT2D eigenvalue weighted by atomic mass is 15.2. The van der Waals surface area contributed by atoms with E-state index in [1.807, 2.05) is 7.05 Å². The summed E-state index contributed by atoms with van der Waals surface area (Å²) < 4.78 is 0. The molecule has 1 aromatic rings. The Bertz CT molecular complexity index is 419. The molecule has 1 saturated heterocycles. The number of pyridine rings is 1. The molecule has 1 N–H and O–H groups in total. The molecule has 1 aliphatic heterocycles. The highest BCUT2D eigenvalue weighted by Gasteiger charge is 2.38. The van der Waals surface area contributed by atoms with Crippen LogP contribution in [0.1, 0.15) is 43.9 Å². The van der Waals surface area contributed by atoms with Crippen LogP contribution in [0.4, 0.5) is 5.82 Å². The van der Waals surface area contributed by atoms with Crippen LogP contribution < -0.4 is 10.2 Å². The van der Waals surface area contributed by atoms with Gasteiger partial charge in [0.05, 0.1) is 0 Å². The number of nitrogens with one attached hydrogen (secondary N) is 1. The maximum absolute atomic E-state index is 4.90. The minimum atomic E-state index is 0.761. The Morgan fingerprint density at radius 3 is 2.89 bits per heavy atom. The molecule has 1 saturated carbocycles. The lowest BCUT2D eigenvalue weighted by molar-refractivity contribution is 0.549. The monoisotopic (exact) mass is 259 g/mol. The standard InChI is InChI=1S/C16H25N3/c1-3-4-14-7-13(10-17-2)9-16(18-14)19-11-12-5-6-15(19)8-12/h7,9,12,15,17H,3-6,8,10-11H2,1-2H3. The van der Waals surface area contributed by atoms with Gasteiger partial charge >= 0.3 is 0 Å². The predicted octanol–water partition coefficient (Wildman–Crippen LogP) is 2.74. The molecule has 3 nitrogen and oxygen atoms in total. The number of hydrogen-bond acceptors (Lipinski definition) is 3. The second-order valence-electron chi connectivity index (χ2n) is 6.09. The van der Waals surface area contributed by atoms with Crippen LogP contribution in [-0.2, 0) is 13.0 Å². The average molecular weight is 259 g/mol. The van der Waals surface area contributed by atoms with Gasteiger partial charge in [0, 0.05) is 24.8 Å². The summed E-state index contributed by atoms with van der Waals surface area (Å²) in [4.78, 5) is 7.47. The van der Waals surface area contributed by atoms with E-state index < -0.39 is 0 Å². The van der Waals surface area contributed by atoms with Gasteiger partial charge in [-0.15, -0.1) is 0 Å². The van der Waals surface area contributed by atoms with Gasteiger partial charge in [-0.25, -0.2) is 4.98 Å². The minimum absolute atomic E-state index is 0.761. The third-order valence-electron chi connectivity index (χ3n) is 4.52. The molecule has 1 aliphatic carbocycles. The lowest BCUT2D eigenvalue weighted by atomic mass is 10.1. The molecule has 0 radical (unpaired) electrons. The van der Waals surface area contributed by atoms with Gasteiger partial charge in [-0.2, -0.15) is 0 Å². The summed E-state index contributed by atoms with van der Waals surface area (Å²) in [7, 11) is 2.01. The average Bonchev–Trinajstić information content (AvgIpc) is 3.01. The highest BCUT2D eigenvalue weighted by Crippen LogP contribution is 2.39. The van der Waals surface area contributed by atoms with Crippen LogP contribution in [0.5, 0.6) is 0 Å². The van der Waals surface area contributed by atoms with Gasteiger partial charge in [0.25, 0.3) is 0 Å². The molecule has 0 amide bonds. The van der Waals surface area contributed by atoms with Crippen molar-refractivity contribution in [2.45, 2.75) is 51.6 Å². The van der Waals surface area contributed by atoms with Crippen molar-refractivity contribution in [3.8, 4) is 0 Å². The Balaban J connectivity index is 1.86. The molecule has 2 bridgehead atoms. The lowest BCUT2D eigenvalue weighted by Gasteiger charge is -2.29. The fraction of sp³-hybridized carbons (Fsp3) is 0.688. The van der Waals surface area contributed by atoms with Crippen molar-refractivity contribution in [3.05, 3.63) is 23.4 Å². The van der Waals surface area contributed by atoms with Crippen LogP contribution >= 0.6 is 0 Å². The van der Waals surface area contributed by atoms with Crippen molar-refractivity contribution in [3.63, 3.8) is 0 Å². The van der Waals surface area contributed by atoms with E-state index in [9.17, 15) is 0 Å². The summed E-state index contributed by atoms with van der Waals surface area (Å²) in [5.74, 6) is 2.15. The Morgan fingerprint density at radius 2 is 2.26 bits per heavy atom. The van der Waals surface area contributed by atoms with E-state index in [1.165, 1.54) is 49.3 Å². The number of aryl methyl sites for hydroxylation is 1. The van der Waals surface area contributed by atoms with Crippen molar-refractivity contribution in [2.75, 3.05) is 18.5 Å². The van der Waals surface area contributed by atoms with Gasteiger partial charge in [-0.05, 0) is 56.3 Å². The summed E-state index contributed by atoms with van der Waals surface area (Å²) in [6.07, 6.45) is 6.44. The topological polar surface area (TPSA) is 28.2 Å². The second kappa shape index (κ2) is 5.49. The summed E-state index contributed by atoms with van der Waals surface area (Å²) in [5, 5.41) is 3.26. The van der Waals surface area contributed by atoms with Gasteiger partial charge in [0.15, 0.2) is 0 Å². The van der Waals surface area contributed by atoms with E-state index in [0.717, 1.165) is 24.9 Å². The van der Waals surface area contributed by atoms with Crippen molar-refractivity contribution in [2.24, 2.45) is 5.92 Å². The van der Waals surface area contributed by atoms with Gasteiger partial charge in [-0.3, -0.25) is 0 Å². The van der Waals surface area contributed by atoms with Gasteiger partial charge < -0.3 is 10.2 Å². The first-order valence-corrected chi connectivity index (χ1v) is 7.71. The Hall–Kier alpha value is -1.09. The van der Waals surface area contributed by atoms with Crippen LogP contribution in [-0.4, -0.2) is 24.6 Å². The molecule has 2 aliphatic rings. The van der Waals surface area contributed by atoms with Crippen molar-refractivity contribution >= 4 is 5.82 Å². The van der Waals surface area contributed by atoms with Crippen LogP contribution in [0.2, 0.25) is 0 Å². The van der Waals surface area contributed by atoms with Crippen molar-refractivity contribution in [1.82, 2.24) is 10.3 Å². The number of fused-ring (bicyclic) bond motifs is 2. The molecule has 3 heteroatoms. The Kier molecular flexibility index (Phi) is 3.74. The molecule has 3 rings (SSSR count). The number of piperidine rings is 1. The molecule has 0 spiro atoms. The van der Waals surface area contributed by atoms with E-state index in [2.05, 4.69) is 29.3 Å². The maximum Gasteiger partial charge on any atom is 0.129 e. The molecule has 2 fully saturated rings. The number of aromatic nitrogens is 1. The van der Waals surface area contributed by atoms with Gasteiger partial charge in [-0.1, -0.05) is 13.3 Å². The zero-order valence-corrected chi connectivity index (χ0v) is 12.2. The molecule has 2 unspecified atom stereocenters. The van der Waals surface area contributed by atoms with Crippen LogP contribution in [0.3, 0.4) is 0 Å². The zero-order valence-electron chi connectivity index (χ0n) is 12.2. The van der Waals surface area contributed by atoms with E-state index >= 15 is 0 Å². The lowest BCUT2D eigenvalue weighted by Crippen LogP contribution is -2.32. The summed E-state index contributed by atoms with van der Waals surface area (Å²) in [6.45, 7) is 4.39. The fourth-order valence-electron chi connectivity index (χ4n) is 3.68. The zero-order chi connectivity index (χ0) is 13.2. The molecule has 2 heterocycles. The molecular weight excluding hydrogens is 234 g/mol. The quantitative estimate of drug-likeness (QED) is 0.881. The normalized spacial score (nSPS) is 25.3. The first-order chi connectivity index (χ1) is 9.30. The van der Waals surface area contributed by atoms with Crippen LogP contribution in [0, 0.1) is 5.92 Å². The number of nitrogens with zero attached hydrogens (tertiary/aromatic N) is 2. The third-order valence-corrected chi connectivity index (χ3v) is 4.52. The van der Waals surface area contributed by atoms with E-state index in [4.69, 9.17) is 4.98 Å². The smallest absolute Gasteiger partial charge is 0.129 e. The van der Waals surface area contributed by atoms with Crippen molar-refractivity contribution < 1.29 is 0 Å². The molecule has 19 heavy (non-hydrogen) atoms. The van der Waals surface area contributed by atoms with Crippen molar-refractivity contribution in [1.29, 1.82) is 0 Å². The minimum Gasteiger partial charge on any atom is -0.353 e. The summed E-state index contributed by atoms with van der Waals surface area (Å²) in [5.41, 5.74) is 2.63. The summed E-state index contributed by atoms with van der Waals surface area (Å²) in [6, 6.07) is 5.31. The SMILES string of the molecule is CCCc1cc(CNC)cc(N2CC3CCC2C3)n1. The van der Waals surface area contributed by atoms with Gasteiger partial charge in [0.1, 0.15) is 5.82 Å². The molecular formula is C16H25N3. The van der Waals surface area contributed by atoms with Gasteiger partial charge in [0.2, 0.25) is 0 Å². The number of hydrogen-bond donors (Lipinski definition) is 1. The Labute approximate surface area is 116 Å². The van der Waals surface area contributed by atoms with Crippen LogP contribution in [0.25, 0.3) is 0 Å². The number of anilines is 1. The summed E-state index contributed by atoms with van der Waals surface area (Å²) >= 11 is 0. The highest BCUT2D eigenvalue weighted by molar-refractivity contribution is 5.46. The largest absolute Gasteiger partial charge is 0.353 e. The third kappa shape index (κ3) is 2.62. The Morgan fingerprint density at radius 1 is 1.37 bits per heavy atom. The first kappa shape index (κ1) is 12.9. The number of rotatable bonds is 5.